The van der Waals surface area contributed by atoms with E-state index in [4.69, 9.17) is 27.6 Å². The average Bonchev–Trinajstić information content (AvgIpc) is 3.34. The number of hydrogen-bond donors (Lipinski definition) is 0. The van der Waals surface area contributed by atoms with Gasteiger partial charge in [0.2, 0.25) is 5.91 Å². The number of aromatic nitrogens is 1. The average molecular weight is 506 g/mol. The fourth-order valence-electron chi connectivity index (χ4n) is 4.75. The Morgan fingerprint density at radius 2 is 1.74 bits per heavy atom. The third kappa shape index (κ3) is 3.83. The van der Waals surface area contributed by atoms with E-state index in [0.717, 1.165) is 29.9 Å². The quantitative estimate of drug-likeness (QED) is 0.328. The first-order valence-corrected chi connectivity index (χ1v) is 12.2. The van der Waals surface area contributed by atoms with Gasteiger partial charge in [0.25, 0.3) is 5.91 Å². The van der Waals surface area contributed by atoms with Crippen LogP contribution in [0.4, 0.5) is 5.69 Å². The Kier molecular flexibility index (Phi) is 5.43. The zero-order valence-corrected chi connectivity index (χ0v) is 20.1. The number of furan rings is 1. The van der Waals surface area contributed by atoms with Gasteiger partial charge < -0.3 is 13.9 Å². The Balaban J connectivity index is 1.39. The van der Waals surface area contributed by atoms with E-state index in [1.807, 2.05) is 54.7 Å². The predicted octanol–water partition coefficient (Wildman–Crippen LogP) is 6.12. The molecular weight excluding hydrogens is 485 g/mol. The molecule has 2 aromatic carbocycles. The molecule has 3 heterocycles. The Morgan fingerprint density at radius 3 is 2.46 bits per heavy atom. The van der Waals surface area contributed by atoms with E-state index in [0.29, 0.717) is 21.4 Å². The number of benzene rings is 2. The van der Waals surface area contributed by atoms with Gasteiger partial charge in [-0.2, -0.15) is 0 Å². The van der Waals surface area contributed by atoms with Crippen LogP contribution in [0, 0.1) is 0 Å². The standard InChI is InChI=1S/C27H21Cl2N3O3/c28-19-12-9-17(15-20(19)29)27(34)31(18-10-11-18)16-25(33)32-22-6-2-1-5-21(22)30-13-3-7-23(30)26(32)24-8-4-14-35-24/h1-9,12-15,18,26H,10-11,16H2/t26-/m0/s1. The number of hydrogen-bond acceptors (Lipinski definition) is 3. The normalized spacial score (nSPS) is 16.5. The van der Waals surface area contributed by atoms with Crippen molar-refractivity contribution >= 4 is 40.7 Å². The largest absolute Gasteiger partial charge is 0.467 e. The molecule has 0 N–H and O–H groups in total. The summed E-state index contributed by atoms with van der Waals surface area (Å²) in [5.74, 6) is 0.232. The van der Waals surface area contributed by atoms with E-state index in [9.17, 15) is 9.59 Å². The third-order valence-electron chi connectivity index (χ3n) is 6.52. The van der Waals surface area contributed by atoms with Crippen LogP contribution in [0.1, 0.15) is 40.7 Å². The molecule has 0 saturated heterocycles. The predicted molar refractivity (Wildman–Crippen MR) is 134 cm³/mol. The first-order valence-electron chi connectivity index (χ1n) is 11.4. The van der Waals surface area contributed by atoms with Crippen molar-refractivity contribution in [1.82, 2.24) is 9.47 Å². The lowest BCUT2D eigenvalue weighted by Gasteiger charge is -2.38. The number of amides is 2. The van der Waals surface area contributed by atoms with Crippen molar-refractivity contribution in [3.8, 4) is 5.69 Å². The van der Waals surface area contributed by atoms with Crippen molar-refractivity contribution in [2.24, 2.45) is 0 Å². The minimum absolute atomic E-state index is 0.0202. The molecule has 0 radical (unpaired) electrons. The number of para-hydroxylation sites is 2. The highest BCUT2D eigenvalue weighted by Gasteiger charge is 2.41. The van der Waals surface area contributed by atoms with E-state index in [-0.39, 0.29) is 24.4 Å². The Morgan fingerprint density at radius 1 is 0.943 bits per heavy atom. The van der Waals surface area contributed by atoms with Gasteiger partial charge in [0.05, 0.1) is 33.4 Å². The van der Waals surface area contributed by atoms with Gasteiger partial charge in [-0.1, -0.05) is 35.3 Å². The van der Waals surface area contributed by atoms with E-state index >= 15 is 0 Å². The molecule has 8 heteroatoms. The minimum Gasteiger partial charge on any atom is -0.467 e. The summed E-state index contributed by atoms with van der Waals surface area (Å²) >= 11 is 12.2. The summed E-state index contributed by atoms with van der Waals surface area (Å²) in [4.78, 5) is 30.9. The van der Waals surface area contributed by atoms with E-state index in [2.05, 4.69) is 4.57 Å². The van der Waals surface area contributed by atoms with Crippen LogP contribution in [0.5, 0.6) is 0 Å². The lowest BCUT2D eigenvalue weighted by molar-refractivity contribution is -0.120. The molecule has 1 aliphatic heterocycles. The van der Waals surface area contributed by atoms with Gasteiger partial charge in [-0.15, -0.1) is 0 Å². The van der Waals surface area contributed by atoms with Crippen molar-refractivity contribution in [2.45, 2.75) is 24.9 Å². The number of carbonyl (C=O) groups is 2. The summed E-state index contributed by atoms with van der Waals surface area (Å²) in [6, 6.07) is 19.8. The smallest absolute Gasteiger partial charge is 0.254 e. The molecule has 1 atom stereocenters. The van der Waals surface area contributed by atoms with Crippen LogP contribution in [0.2, 0.25) is 10.0 Å². The summed E-state index contributed by atoms with van der Waals surface area (Å²) in [5.41, 5.74) is 2.99. The van der Waals surface area contributed by atoms with Gasteiger partial charge in [0.1, 0.15) is 18.3 Å². The summed E-state index contributed by atoms with van der Waals surface area (Å²) < 4.78 is 7.86. The highest BCUT2D eigenvalue weighted by Crippen LogP contribution is 2.42. The Labute approximate surface area is 212 Å². The molecule has 0 bridgehead atoms. The SMILES string of the molecule is O=C(c1ccc(Cl)c(Cl)c1)N(CC(=O)N1c2ccccc2-n2cccc2[C@H]1c1ccco1)C1CC1. The second-order valence-electron chi connectivity index (χ2n) is 8.77. The molecule has 1 aliphatic carbocycles. The maximum absolute atomic E-state index is 14.0. The molecule has 0 unspecified atom stereocenters. The molecule has 4 aromatic rings. The lowest BCUT2D eigenvalue weighted by Crippen LogP contribution is -2.47. The molecule has 176 valence electrons. The summed E-state index contributed by atoms with van der Waals surface area (Å²) in [7, 11) is 0. The second kappa shape index (κ2) is 8.63. The fourth-order valence-corrected chi connectivity index (χ4v) is 5.05. The first kappa shape index (κ1) is 22.0. The number of rotatable bonds is 5. The van der Waals surface area contributed by atoms with Crippen LogP contribution >= 0.6 is 23.2 Å². The zero-order chi connectivity index (χ0) is 24.1. The molecule has 6 nitrogen and oxygen atoms in total. The van der Waals surface area contributed by atoms with E-state index in [1.165, 1.54) is 0 Å². The fraction of sp³-hybridized carbons (Fsp3) is 0.185. The maximum Gasteiger partial charge on any atom is 0.254 e. The maximum atomic E-state index is 14.0. The third-order valence-corrected chi connectivity index (χ3v) is 7.26. The van der Waals surface area contributed by atoms with Gasteiger partial charge in [-0.25, -0.2) is 0 Å². The van der Waals surface area contributed by atoms with Crippen molar-refractivity contribution in [3.05, 3.63) is 106 Å². The number of anilines is 1. The zero-order valence-electron chi connectivity index (χ0n) is 18.6. The molecular formula is C27H21Cl2N3O3. The van der Waals surface area contributed by atoms with Crippen LogP contribution in [0.15, 0.2) is 83.6 Å². The molecule has 1 saturated carbocycles. The van der Waals surface area contributed by atoms with Crippen LogP contribution in [-0.4, -0.2) is 33.9 Å². The molecule has 2 amide bonds. The van der Waals surface area contributed by atoms with E-state index in [1.54, 1.807) is 34.3 Å². The lowest BCUT2D eigenvalue weighted by atomic mass is 10.0. The van der Waals surface area contributed by atoms with Crippen molar-refractivity contribution in [1.29, 1.82) is 0 Å². The number of fused-ring (bicyclic) bond motifs is 3. The first-order chi connectivity index (χ1) is 17.0. The van der Waals surface area contributed by atoms with E-state index < -0.39 is 6.04 Å². The molecule has 2 aromatic heterocycles. The summed E-state index contributed by atoms with van der Waals surface area (Å²) in [5, 5.41) is 0.690. The molecule has 2 aliphatic rings. The highest BCUT2D eigenvalue weighted by molar-refractivity contribution is 6.42. The van der Waals surface area contributed by atoms with Crippen molar-refractivity contribution < 1.29 is 14.0 Å². The molecule has 0 spiro atoms. The highest BCUT2D eigenvalue weighted by atomic mass is 35.5. The van der Waals surface area contributed by atoms with Crippen LogP contribution in [-0.2, 0) is 4.79 Å². The van der Waals surface area contributed by atoms with Gasteiger partial charge in [-0.3, -0.25) is 14.5 Å². The van der Waals surface area contributed by atoms with Gasteiger partial charge in [0, 0.05) is 17.8 Å². The van der Waals surface area contributed by atoms with Crippen molar-refractivity contribution in [2.75, 3.05) is 11.4 Å². The number of halogens is 2. The van der Waals surface area contributed by atoms with Crippen LogP contribution in [0.25, 0.3) is 5.69 Å². The summed E-state index contributed by atoms with van der Waals surface area (Å²) in [6.45, 7) is -0.0595. The minimum atomic E-state index is -0.455. The van der Waals surface area contributed by atoms with Gasteiger partial charge in [0.15, 0.2) is 0 Å². The molecule has 6 rings (SSSR count). The van der Waals surface area contributed by atoms with Gasteiger partial charge in [-0.05, 0) is 67.4 Å². The second-order valence-corrected chi connectivity index (χ2v) is 9.58. The number of carbonyl (C=O) groups excluding carboxylic acids is 2. The van der Waals surface area contributed by atoms with Crippen LogP contribution < -0.4 is 4.90 Å². The molecule has 1 fully saturated rings. The number of nitrogens with zero attached hydrogens (tertiary/aromatic N) is 3. The Hall–Kier alpha value is -3.48. The van der Waals surface area contributed by atoms with Gasteiger partial charge >= 0.3 is 0 Å². The monoisotopic (exact) mass is 505 g/mol. The summed E-state index contributed by atoms with van der Waals surface area (Å²) in [6.07, 6.45) is 5.31. The van der Waals surface area contributed by atoms with Crippen LogP contribution in [0.3, 0.4) is 0 Å². The topological polar surface area (TPSA) is 58.7 Å². The molecule has 35 heavy (non-hydrogen) atoms. The van der Waals surface area contributed by atoms with Crippen molar-refractivity contribution in [3.63, 3.8) is 0 Å². The Bertz CT molecular complexity index is 1430.